The van der Waals surface area contributed by atoms with Crippen molar-refractivity contribution in [2.75, 3.05) is 18.1 Å². The van der Waals surface area contributed by atoms with Gasteiger partial charge in [-0.15, -0.1) is 0 Å². The molecule has 4 rings (SSSR count). The number of carbonyl (C=O) groups excluding carboxylic acids is 2. The molecule has 0 fully saturated rings. The van der Waals surface area contributed by atoms with Crippen LogP contribution in [0, 0.1) is 6.92 Å². The summed E-state index contributed by atoms with van der Waals surface area (Å²) < 4.78 is 5.79. The fourth-order valence-corrected chi connectivity index (χ4v) is 4.18. The van der Waals surface area contributed by atoms with E-state index in [0.29, 0.717) is 22.7 Å². The predicted molar refractivity (Wildman–Crippen MR) is 129 cm³/mol. The summed E-state index contributed by atoms with van der Waals surface area (Å²) in [4.78, 5) is 27.9. The number of Topliss-reactive ketones (excluding diaryl/α,β-unsaturated/α-hetero) is 1. The Morgan fingerprint density at radius 2 is 1.67 bits per heavy atom. The smallest absolute Gasteiger partial charge is 0.264 e. The molecule has 33 heavy (non-hydrogen) atoms. The summed E-state index contributed by atoms with van der Waals surface area (Å²) in [6.45, 7) is 6.72. The first kappa shape index (κ1) is 22.7. The van der Waals surface area contributed by atoms with E-state index >= 15 is 0 Å². The minimum atomic E-state index is -1.89. The standard InChI is InChI=1S/C28H29NO4/c1-19(2)21-10-12-22(13-11-21)26(30)18-28(32)24-6-4-5-7-25(24)29(27(28)31)16-17-33-23-14-8-20(3)9-15-23/h4-15,19,32H,16-18H2,1-3H3. The van der Waals surface area contributed by atoms with Gasteiger partial charge in [0.15, 0.2) is 11.4 Å². The van der Waals surface area contributed by atoms with Gasteiger partial charge in [0.25, 0.3) is 5.91 Å². The molecule has 1 aliphatic heterocycles. The lowest BCUT2D eigenvalue weighted by Gasteiger charge is -2.23. The Hall–Kier alpha value is -3.44. The highest BCUT2D eigenvalue weighted by Crippen LogP contribution is 2.42. The van der Waals surface area contributed by atoms with Crippen molar-refractivity contribution in [1.29, 1.82) is 0 Å². The van der Waals surface area contributed by atoms with E-state index in [9.17, 15) is 14.7 Å². The van der Waals surface area contributed by atoms with Crippen LogP contribution in [-0.4, -0.2) is 29.9 Å². The summed E-state index contributed by atoms with van der Waals surface area (Å²) >= 11 is 0. The SMILES string of the molecule is Cc1ccc(OCCN2C(=O)C(O)(CC(=O)c3ccc(C(C)C)cc3)c3ccccc32)cc1. The van der Waals surface area contributed by atoms with Crippen LogP contribution >= 0.6 is 0 Å². The number of hydrogen-bond acceptors (Lipinski definition) is 4. The van der Waals surface area contributed by atoms with Crippen molar-refractivity contribution in [3.05, 3.63) is 95.1 Å². The molecule has 5 nitrogen and oxygen atoms in total. The number of rotatable bonds is 8. The van der Waals surface area contributed by atoms with Crippen LogP contribution in [0.4, 0.5) is 5.69 Å². The van der Waals surface area contributed by atoms with Gasteiger partial charge in [-0.3, -0.25) is 9.59 Å². The van der Waals surface area contributed by atoms with Crippen LogP contribution in [-0.2, 0) is 10.4 Å². The molecule has 0 spiro atoms. The molecule has 1 heterocycles. The molecule has 3 aromatic rings. The molecule has 5 heteroatoms. The highest BCUT2D eigenvalue weighted by Gasteiger charge is 2.50. The summed E-state index contributed by atoms with van der Waals surface area (Å²) in [5.74, 6) is 0.310. The van der Waals surface area contributed by atoms with Crippen LogP contribution in [0.1, 0.15) is 53.2 Å². The Labute approximate surface area is 194 Å². The Morgan fingerprint density at radius 3 is 2.33 bits per heavy atom. The van der Waals surface area contributed by atoms with Gasteiger partial charge in [-0.25, -0.2) is 0 Å². The molecule has 0 saturated heterocycles. The van der Waals surface area contributed by atoms with Gasteiger partial charge in [-0.1, -0.05) is 74.0 Å². The molecular formula is C28H29NO4. The number of anilines is 1. The zero-order valence-electron chi connectivity index (χ0n) is 19.2. The summed E-state index contributed by atoms with van der Waals surface area (Å²) in [7, 11) is 0. The number of para-hydroxylation sites is 1. The minimum Gasteiger partial charge on any atom is -0.492 e. The van der Waals surface area contributed by atoms with Crippen molar-refractivity contribution in [2.45, 2.75) is 38.7 Å². The number of amides is 1. The zero-order valence-corrected chi connectivity index (χ0v) is 19.2. The third-order valence-corrected chi connectivity index (χ3v) is 6.16. The fourth-order valence-electron chi connectivity index (χ4n) is 4.18. The molecule has 3 aromatic carbocycles. The number of hydrogen-bond donors (Lipinski definition) is 1. The summed E-state index contributed by atoms with van der Waals surface area (Å²) in [5.41, 5.74) is 1.93. The number of nitrogens with zero attached hydrogens (tertiary/aromatic N) is 1. The predicted octanol–water partition coefficient (Wildman–Crippen LogP) is 5.00. The summed E-state index contributed by atoms with van der Waals surface area (Å²) in [6, 6.07) is 22.1. The van der Waals surface area contributed by atoms with Crippen molar-refractivity contribution in [3.8, 4) is 5.75 Å². The highest BCUT2D eigenvalue weighted by molar-refractivity contribution is 6.10. The molecule has 0 radical (unpaired) electrons. The summed E-state index contributed by atoms with van der Waals surface area (Å²) in [5, 5.41) is 11.5. The normalized spacial score (nSPS) is 17.4. The lowest BCUT2D eigenvalue weighted by molar-refractivity contribution is -0.135. The molecule has 1 N–H and O–H groups in total. The Kier molecular flexibility index (Phi) is 6.34. The van der Waals surface area contributed by atoms with Crippen LogP contribution in [0.5, 0.6) is 5.75 Å². The van der Waals surface area contributed by atoms with Gasteiger partial charge < -0.3 is 14.7 Å². The van der Waals surface area contributed by atoms with Crippen LogP contribution < -0.4 is 9.64 Å². The van der Waals surface area contributed by atoms with E-state index in [2.05, 4.69) is 13.8 Å². The second-order valence-corrected chi connectivity index (χ2v) is 8.87. The van der Waals surface area contributed by atoms with E-state index in [-0.39, 0.29) is 25.4 Å². The second-order valence-electron chi connectivity index (χ2n) is 8.87. The Bertz CT molecular complexity index is 1150. The molecule has 1 atom stereocenters. The van der Waals surface area contributed by atoms with Gasteiger partial charge in [0.2, 0.25) is 0 Å². The third kappa shape index (κ3) is 4.55. The van der Waals surface area contributed by atoms with E-state index < -0.39 is 11.5 Å². The van der Waals surface area contributed by atoms with E-state index in [4.69, 9.17) is 4.74 Å². The van der Waals surface area contributed by atoms with Crippen molar-refractivity contribution >= 4 is 17.4 Å². The lowest BCUT2D eigenvalue weighted by atomic mass is 9.87. The topological polar surface area (TPSA) is 66.8 Å². The van der Waals surface area contributed by atoms with E-state index in [1.54, 1.807) is 30.3 Å². The summed E-state index contributed by atoms with van der Waals surface area (Å²) in [6.07, 6.45) is -0.306. The van der Waals surface area contributed by atoms with Gasteiger partial charge in [0.1, 0.15) is 12.4 Å². The van der Waals surface area contributed by atoms with Gasteiger partial charge in [0.05, 0.1) is 18.7 Å². The Balaban J connectivity index is 1.51. The second kappa shape index (κ2) is 9.20. The number of aliphatic hydroxyl groups is 1. The maximum atomic E-state index is 13.3. The zero-order chi connectivity index (χ0) is 23.6. The monoisotopic (exact) mass is 443 g/mol. The van der Waals surface area contributed by atoms with Crippen LogP contribution in [0.25, 0.3) is 0 Å². The number of fused-ring (bicyclic) bond motifs is 1. The first-order valence-corrected chi connectivity index (χ1v) is 11.3. The molecule has 0 aliphatic carbocycles. The van der Waals surface area contributed by atoms with E-state index in [1.807, 2.05) is 49.4 Å². The average molecular weight is 444 g/mol. The molecule has 1 aliphatic rings. The third-order valence-electron chi connectivity index (χ3n) is 6.16. The van der Waals surface area contributed by atoms with Crippen molar-refractivity contribution < 1.29 is 19.4 Å². The number of aryl methyl sites for hydroxylation is 1. The molecule has 0 saturated carbocycles. The van der Waals surface area contributed by atoms with Crippen LogP contribution in [0.3, 0.4) is 0 Å². The van der Waals surface area contributed by atoms with Gasteiger partial charge in [-0.2, -0.15) is 0 Å². The molecular weight excluding hydrogens is 414 g/mol. The maximum Gasteiger partial charge on any atom is 0.264 e. The quantitative estimate of drug-likeness (QED) is 0.497. The van der Waals surface area contributed by atoms with Crippen LogP contribution in [0.2, 0.25) is 0 Å². The van der Waals surface area contributed by atoms with Gasteiger partial charge in [-0.05, 0) is 36.6 Å². The van der Waals surface area contributed by atoms with Crippen molar-refractivity contribution in [1.82, 2.24) is 0 Å². The van der Waals surface area contributed by atoms with Gasteiger partial charge in [0, 0.05) is 11.1 Å². The minimum absolute atomic E-state index is 0.267. The number of carbonyl (C=O) groups is 2. The molecule has 1 amide bonds. The molecule has 1 unspecified atom stereocenters. The number of ether oxygens (including phenoxy) is 1. The van der Waals surface area contributed by atoms with E-state index in [0.717, 1.165) is 16.9 Å². The molecule has 0 bridgehead atoms. The number of benzene rings is 3. The first-order valence-electron chi connectivity index (χ1n) is 11.3. The highest BCUT2D eigenvalue weighted by atomic mass is 16.5. The molecule has 0 aromatic heterocycles. The van der Waals surface area contributed by atoms with Crippen molar-refractivity contribution in [3.63, 3.8) is 0 Å². The Morgan fingerprint density at radius 1 is 1.00 bits per heavy atom. The lowest BCUT2D eigenvalue weighted by Crippen LogP contribution is -2.43. The van der Waals surface area contributed by atoms with Crippen LogP contribution in [0.15, 0.2) is 72.8 Å². The van der Waals surface area contributed by atoms with Crippen molar-refractivity contribution in [2.24, 2.45) is 0 Å². The number of ketones is 1. The van der Waals surface area contributed by atoms with Gasteiger partial charge >= 0.3 is 0 Å². The van der Waals surface area contributed by atoms with E-state index in [1.165, 1.54) is 4.90 Å². The molecule has 170 valence electrons. The largest absolute Gasteiger partial charge is 0.492 e. The average Bonchev–Trinajstić information content (AvgIpc) is 3.02. The maximum absolute atomic E-state index is 13.3. The fraction of sp³-hybridized carbons (Fsp3) is 0.286. The first-order chi connectivity index (χ1) is 15.8.